The van der Waals surface area contributed by atoms with E-state index < -0.39 is 5.82 Å². The Morgan fingerprint density at radius 3 is 2.70 bits per heavy atom. The molecule has 0 bridgehead atoms. The van der Waals surface area contributed by atoms with Crippen LogP contribution in [-0.2, 0) is 4.79 Å². The van der Waals surface area contributed by atoms with Crippen molar-refractivity contribution in [2.24, 2.45) is 0 Å². The Morgan fingerprint density at radius 2 is 2.00 bits per heavy atom. The van der Waals surface area contributed by atoms with Crippen molar-refractivity contribution in [3.8, 4) is 5.75 Å². The maximum atomic E-state index is 13.6. The number of aryl methyl sites for hydroxylation is 2. The van der Waals surface area contributed by atoms with Gasteiger partial charge in [0.2, 0.25) is 0 Å². The van der Waals surface area contributed by atoms with E-state index in [2.05, 4.69) is 27.3 Å². The van der Waals surface area contributed by atoms with Crippen molar-refractivity contribution in [3.05, 3.63) is 63.4 Å². The Labute approximate surface area is 144 Å². The van der Waals surface area contributed by atoms with Gasteiger partial charge in [-0.15, -0.1) is 0 Å². The van der Waals surface area contributed by atoms with Crippen LogP contribution in [0.4, 0.5) is 4.39 Å². The Hall–Kier alpha value is -1.88. The third-order valence-electron chi connectivity index (χ3n) is 3.53. The summed E-state index contributed by atoms with van der Waals surface area (Å²) in [6.45, 7) is 5.70. The van der Waals surface area contributed by atoms with Crippen LogP contribution in [0.25, 0.3) is 0 Å². The van der Waals surface area contributed by atoms with E-state index >= 15 is 0 Å². The summed E-state index contributed by atoms with van der Waals surface area (Å²) in [6.07, 6.45) is 0. The molecule has 5 heteroatoms. The van der Waals surface area contributed by atoms with Crippen LogP contribution in [-0.4, -0.2) is 12.5 Å². The first-order chi connectivity index (χ1) is 10.9. The molecular formula is C18H19BrFNO2. The first-order valence-corrected chi connectivity index (χ1v) is 8.10. The molecule has 3 nitrogen and oxygen atoms in total. The number of rotatable bonds is 5. The number of ether oxygens (including phenoxy) is 1. The van der Waals surface area contributed by atoms with Crippen LogP contribution in [0.5, 0.6) is 5.75 Å². The minimum Gasteiger partial charge on any atom is -0.481 e. The maximum Gasteiger partial charge on any atom is 0.258 e. The molecule has 0 saturated carbocycles. The zero-order chi connectivity index (χ0) is 17.0. The molecule has 1 unspecified atom stereocenters. The van der Waals surface area contributed by atoms with E-state index in [4.69, 9.17) is 4.74 Å². The van der Waals surface area contributed by atoms with Crippen molar-refractivity contribution in [1.82, 2.24) is 5.32 Å². The standard InChI is InChI=1S/C18H19BrFNO2/c1-11-4-5-12(2)15(8-11)13(3)21-18(22)10-23-17-7-6-14(19)9-16(17)20/h4-9,13H,10H2,1-3H3,(H,21,22). The minimum absolute atomic E-state index is 0.0581. The topological polar surface area (TPSA) is 38.3 Å². The van der Waals surface area contributed by atoms with E-state index in [1.165, 1.54) is 12.1 Å². The average Bonchev–Trinajstić information content (AvgIpc) is 2.48. The zero-order valence-corrected chi connectivity index (χ0v) is 14.9. The molecule has 0 aliphatic heterocycles. The summed E-state index contributed by atoms with van der Waals surface area (Å²) >= 11 is 3.17. The SMILES string of the molecule is Cc1ccc(C)c(C(C)NC(=O)COc2ccc(Br)cc2F)c1. The number of benzene rings is 2. The van der Waals surface area contributed by atoms with Crippen molar-refractivity contribution >= 4 is 21.8 Å². The number of hydrogen-bond donors (Lipinski definition) is 1. The van der Waals surface area contributed by atoms with Gasteiger partial charge < -0.3 is 10.1 Å². The molecule has 2 rings (SSSR count). The van der Waals surface area contributed by atoms with E-state index in [0.29, 0.717) is 4.47 Å². The van der Waals surface area contributed by atoms with Gasteiger partial charge in [-0.05, 0) is 50.1 Å². The summed E-state index contributed by atoms with van der Waals surface area (Å²) in [4.78, 5) is 12.0. The quantitative estimate of drug-likeness (QED) is 0.832. The average molecular weight is 380 g/mol. The highest BCUT2D eigenvalue weighted by Crippen LogP contribution is 2.22. The summed E-state index contributed by atoms with van der Waals surface area (Å²) in [5.41, 5.74) is 3.32. The highest BCUT2D eigenvalue weighted by Gasteiger charge is 2.13. The Balaban J connectivity index is 1.95. The van der Waals surface area contributed by atoms with Gasteiger partial charge in [0.1, 0.15) is 0 Å². The van der Waals surface area contributed by atoms with Gasteiger partial charge in [0, 0.05) is 4.47 Å². The number of amides is 1. The normalized spacial score (nSPS) is 11.9. The van der Waals surface area contributed by atoms with Crippen LogP contribution in [0, 0.1) is 19.7 Å². The van der Waals surface area contributed by atoms with Crippen molar-refractivity contribution in [2.45, 2.75) is 26.8 Å². The Bertz CT molecular complexity index is 718. The molecule has 2 aromatic carbocycles. The first kappa shape index (κ1) is 17.5. The second-order valence-electron chi connectivity index (χ2n) is 5.51. The van der Waals surface area contributed by atoms with Crippen LogP contribution in [0.3, 0.4) is 0 Å². The lowest BCUT2D eigenvalue weighted by molar-refractivity contribution is -0.123. The van der Waals surface area contributed by atoms with Gasteiger partial charge in [-0.3, -0.25) is 4.79 Å². The summed E-state index contributed by atoms with van der Waals surface area (Å²) in [6, 6.07) is 10.4. The molecule has 1 atom stereocenters. The Morgan fingerprint density at radius 1 is 1.26 bits per heavy atom. The molecule has 0 fully saturated rings. The van der Waals surface area contributed by atoms with Crippen LogP contribution in [0.1, 0.15) is 29.7 Å². The summed E-state index contributed by atoms with van der Waals surface area (Å²) < 4.78 is 19.5. The minimum atomic E-state index is -0.505. The fourth-order valence-corrected chi connectivity index (χ4v) is 2.66. The fraction of sp³-hybridized carbons (Fsp3) is 0.278. The third kappa shape index (κ3) is 4.79. The van der Waals surface area contributed by atoms with Gasteiger partial charge >= 0.3 is 0 Å². The van der Waals surface area contributed by atoms with Crippen LogP contribution < -0.4 is 10.1 Å². The van der Waals surface area contributed by atoms with Gasteiger partial charge in [-0.1, -0.05) is 39.7 Å². The monoisotopic (exact) mass is 379 g/mol. The van der Waals surface area contributed by atoms with Crippen molar-refractivity contribution in [1.29, 1.82) is 0 Å². The predicted molar refractivity (Wildman–Crippen MR) is 92.1 cm³/mol. The number of carbonyl (C=O) groups excluding carboxylic acids is 1. The number of carbonyl (C=O) groups is 1. The lowest BCUT2D eigenvalue weighted by Gasteiger charge is -2.17. The third-order valence-corrected chi connectivity index (χ3v) is 4.02. The molecule has 2 aromatic rings. The number of halogens is 2. The van der Waals surface area contributed by atoms with Gasteiger partial charge in [-0.2, -0.15) is 0 Å². The van der Waals surface area contributed by atoms with E-state index in [0.717, 1.165) is 16.7 Å². The predicted octanol–water partition coefficient (Wildman–Crippen LogP) is 4.46. The molecule has 0 aromatic heterocycles. The molecule has 0 radical (unpaired) electrons. The maximum absolute atomic E-state index is 13.6. The van der Waals surface area contributed by atoms with E-state index in [1.807, 2.05) is 32.9 Å². The van der Waals surface area contributed by atoms with Crippen molar-refractivity contribution < 1.29 is 13.9 Å². The largest absolute Gasteiger partial charge is 0.481 e. The summed E-state index contributed by atoms with van der Waals surface area (Å²) in [5.74, 6) is -0.738. The van der Waals surface area contributed by atoms with Gasteiger partial charge in [0.15, 0.2) is 18.2 Å². The molecule has 1 N–H and O–H groups in total. The number of hydrogen-bond acceptors (Lipinski definition) is 2. The molecule has 0 heterocycles. The molecule has 1 amide bonds. The van der Waals surface area contributed by atoms with Gasteiger partial charge in [0.05, 0.1) is 6.04 Å². The molecule has 0 spiro atoms. The molecular weight excluding hydrogens is 361 g/mol. The molecule has 122 valence electrons. The molecule has 0 saturated heterocycles. The lowest BCUT2D eigenvalue weighted by atomic mass is 10.00. The molecule has 23 heavy (non-hydrogen) atoms. The van der Waals surface area contributed by atoms with E-state index in [9.17, 15) is 9.18 Å². The van der Waals surface area contributed by atoms with Crippen LogP contribution >= 0.6 is 15.9 Å². The lowest BCUT2D eigenvalue weighted by Crippen LogP contribution is -2.31. The van der Waals surface area contributed by atoms with Crippen molar-refractivity contribution in [3.63, 3.8) is 0 Å². The summed E-state index contributed by atoms with van der Waals surface area (Å²) in [5, 5.41) is 2.87. The smallest absolute Gasteiger partial charge is 0.258 e. The molecule has 0 aliphatic rings. The zero-order valence-electron chi connectivity index (χ0n) is 13.3. The second kappa shape index (κ2) is 7.59. The fourth-order valence-electron chi connectivity index (χ4n) is 2.32. The van der Waals surface area contributed by atoms with Crippen LogP contribution in [0.15, 0.2) is 40.9 Å². The van der Waals surface area contributed by atoms with Gasteiger partial charge in [-0.25, -0.2) is 4.39 Å². The highest BCUT2D eigenvalue weighted by molar-refractivity contribution is 9.10. The van der Waals surface area contributed by atoms with E-state index in [1.54, 1.807) is 6.07 Å². The summed E-state index contributed by atoms with van der Waals surface area (Å²) in [7, 11) is 0. The first-order valence-electron chi connectivity index (χ1n) is 7.31. The van der Waals surface area contributed by atoms with Gasteiger partial charge in [0.25, 0.3) is 5.91 Å². The molecule has 0 aliphatic carbocycles. The highest BCUT2D eigenvalue weighted by atomic mass is 79.9. The van der Waals surface area contributed by atoms with Crippen molar-refractivity contribution in [2.75, 3.05) is 6.61 Å². The van der Waals surface area contributed by atoms with Crippen LogP contribution in [0.2, 0.25) is 0 Å². The second-order valence-corrected chi connectivity index (χ2v) is 6.43. The Kier molecular flexibility index (Phi) is 5.77. The number of nitrogens with one attached hydrogen (secondary N) is 1. The van der Waals surface area contributed by atoms with E-state index in [-0.39, 0.29) is 24.3 Å².